The fraction of sp³-hybridized carbons (Fsp3) is 0.812. The zero-order valence-corrected chi connectivity index (χ0v) is 12.5. The predicted molar refractivity (Wildman–Crippen MR) is 77.3 cm³/mol. The Kier molecular flexibility index (Phi) is 9.72. The summed E-state index contributed by atoms with van der Waals surface area (Å²) in [7, 11) is 0. The minimum Gasteiger partial charge on any atom is -0.435 e. The maximum absolute atomic E-state index is 11.0. The van der Waals surface area contributed by atoms with Crippen molar-refractivity contribution in [3.05, 3.63) is 12.8 Å². The smallest absolute Gasteiger partial charge is 0.310 e. The molecule has 106 valence electrons. The molecule has 0 aliphatic carbocycles. The van der Waals surface area contributed by atoms with E-state index in [0.717, 1.165) is 12.8 Å². The minimum absolute atomic E-state index is 0.157. The van der Waals surface area contributed by atoms with E-state index >= 15 is 0 Å². The first kappa shape index (κ1) is 17.2. The summed E-state index contributed by atoms with van der Waals surface area (Å²) < 4.78 is 4.66. The summed E-state index contributed by atoms with van der Waals surface area (Å²) in [4.78, 5) is 11.0. The van der Waals surface area contributed by atoms with Crippen molar-refractivity contribution in [2.75, 3.05) is 0 Å². The second-order valence-corrected chi connectivity index (χ2v) is 6.19. The van der Waals surface area contributed by atoms with Crippen LogP contribution in [-0.2, 0) is 9.53 Å². The quantitative estimate of drug-likeness (QED) is 0.303. The van der Waals surface area contributed by atoms with Gasteiger partial charge >= 0.3 is 5.97 Å². The third kappa shape index (κ3) is 13.3. The molecule has 0 rings (SSSR count). The van der Waals surface area contributed by atoms with E-state index in [1.165, 1.54) is 44.8 Å². The van der Waals surface area contributed by atoms with Gasteiger partial charge in [-0.15, -0.1) is 0 Å². The molecule has 0 fully saturated rings. The van der Waals surface area contributed by atoms with Crippen molar-refractivity contribution in [2.45, 2.75) is 78.6 Å². The van der Waals surface area contributed by atoms with Gasteiger partial charge in [-0.25, -0.2) is 0 Å². The highest BCUT2D eigenvalue weighted by atomic mass is 16.5. The average molecular weight is 254 g/mol. The number of hydrogen-bond donors (Lipinski definition) is 0. The van der Waals surface area contributed by atoms with Crippen molar-refractivity contribution >= 4 is 5.97 Å². The molecule has 0 heterocycles. The second-order valence-electron chi connectivity index (χ2n) is 6.19. The Balaban J connectivity index is 3.17. The van der Waals surface area contributed by atoms with Gasteiger partial charge in [0.15, 0.2) is 0 Å². The number of carbonyl (C=O) groups is 1. The Hall–Kier alpha value is -0.790. The summed E-state index contributed by atoms with van der Waals surface area (Å²) in [5, 5.41) is 0. The van der Waals surface area contributed by atoms with Crippen molar-refractivity contribution in [3.8, 4) is 0 Å². The molecule has 0 N–H and O–H groups in total. The van der Waals surface area contributed by atoms with Crippen LogP contribution >= 0.6 is 0 Å². The highest BCUT2D eigenvalue weighted by molar-refractivity contribution is 5.69. The highest BCUT2D eigenvalue weighted by Crippen LogP contribution is 2.22. The zero-order chi connectivity index (χ0) is 13.9. The number of carbonyl (C=O) groups excluding carboxylic acids is 1. The molecule has 0 spiro atoms. The van der Waals surface area contributed by atoms with E-state index in [2.05, 4.69) is 32.1 Å². The maximum atomic E-state index is 11.0. The topological polar surface area (TPSA) is 26.3 Å². The Morgan fingerprint density at radius 1 is 1.00 bits per heavy atom. The normalized spacial score (nSPS) is 11.3. The van der Waals surface area contributed by atoms with Crippen LogP contribution in [0, 0.1) is 5.41 Å². The molecular formula is C16H30O2. The lowest BCUT2D eigenvalue weighted by Gasteiger charge is -2.17. The van der Waals surface area contributed by atoms with Crippen LogP contribution in [0.25, 0.3) is 0 Å². The molecule has 0 atom stereocenters. The highest BCUT2D eigenvalue weighted by Gasteiger charge is 2.08. The molecule has 0 aromatic rings. The number of ether oxygens (including phenoxy) is 1. The van der Waals surface area contributed by atoms with E-state index in [1.54, 1.807) is 0 Å². The fourth-order valence-corrected chi connectivity index (χ4v) is 1.96. The van der Waals surface area contributed by atoms with Crippen LogP contribution in [0.3, 0.4) is 0 Å². The van der Waals surface area contributed by atoms with Crippen molar-refractivity contribution in [2.24, 2.45) is 5.41 Å². The molecule has 0 bridgehead atoms. The lowest BCUT2D eigenvalue weighted by Crippen LogP contribution is -2.03. The molecule has 0 unspecified atom stereocenters. The molecule has 0 saturated heterocycles. The summed E-state index contributed by atoms with van der Waals surface area (Å²) in [5.74, 6) is -0.157. The summed E-state index contributed by atoms with van der Waals surface area (Å²) in [6, 6.07) is 0. The minimum atomic E-state index is -0.157. The van der Waals surface area contributed by atoms with Crippen LogP contribution in [0.15, 0.2) is 12.8 Å². The lowest BCUT2D eigenvalue weighted by atomic mass is 9.89. The standard InChI is InChI=1S/C16H30O2/c1-5-18-15(17)13-11-9-7-6-8-10-12-14-16(2,3)4/h5H,1,6-14H2,2-4H3. The van der Waals surface area contributed by atoms with Gasteiger partial charge < -0.3 is 4.74 Å². The molecule has 0 saturated carbocycles. The van der Waals surface area contributed by atoms with E-state index in [-0.39, 0.29) is 5.97 Å². The van der Waals surface area contributed by atoms with Gasteiger partial charge in [0.1, 0.15) is 0 Å². The summed E-state index contributed by atoms with van der Waals surface area (Å²) in [6.45, 7) is 10.3. The Morgan fingerprint density at radius 3 is 2.00 bits per heavy atom. The van der Waals surface area contributed by atoms with Crippen molar-refractivity contribution < 1.29 is 9.53 Å². The van der Waals surface area contributed by atoms with Gasteiger partial charge in [-0.3, -0.25) is 4.79 Å². The van der Waals surface area contributed by atoms with Crippen LogP contribution in [-0.4, -0.2) is 5.97 Å². The van der Waals surface area contributed by atoms with E-state index in [9.17, 15) is 4.79 Å². The number of esters is 1. The average Bonchev–Trinajstić information content (AvgIpc) is 2.25. The summed E-state index contributed by atoms with van der Waals surface area (Å²) >= 11 is 0. The second kappa shape index (κ2) is 10.2. The van der Waals surface area contributed by atoms with Gasteiger partial charge in [-0.1, -0.05) is 65.9 Å². The van der Waals surface area contributed by atoms with Gasteiger partial charge in [0, 0.05) is 6.42 Å². The van der Waals surface area contributed by atoms with Crippen LogP contribution in [0.5, 0.6) is 0 Å². The van der Waals surface area contributed by atoms with Gasteiger partial charge in [0.25, 0.3) is 0 Å². The largest absolute Gasteiger partial charge is 0.435 e. The van der Waals surface area contributed by atoms with Crippen molar-refractivity contribution in [1.29, 1.82) is 0 Å². The van der Waals surface area contributed by atoms with Gasteiger partial charge in [-0.2, -0.15) is 0 Å². The summed E-state index contributed by atoms with van der Waals surface area (Å²) in [6.07, 6.45) is 11.7. The van der Waals surface area contributed by atoms with E-state index in [4.69, 9.17) is 0 Å². The van der Waals surface area contributed by atoms with Gasteiger partial charge in [-0.05, 0) is 18.3 Å². The molecule has 2 heteroatoms. The zero-order valence-electron chi connectivity index (χ0n) is 12.5. The first-order valence-corrected chi connectivity index (χ1v) is 7.26. The van der Waals surface area contributed by atoms with Crippen LogP contribution < -0.4 is 0 Å². The SMILES string of the molecule is C=COC(=O)CCCCCCCCCC(C)(C)C. The lowest BCUT2D eigenvalue weighted by molar-refractivity contribution is -0.138. The maximum Gasteiger partial charge on any atom is 0.310 e. The molecule has 2 nitrogen and oxygen atoms in total. The first-order valence-electron chi connectivity index (χ1n) is 7.26. The van der Waals surface area contributed by atoms with Crippen molar-refractivity contribution in [3.63, 3.8) is 0 Å². The van der Waals surface area contributed by atoms with Crippen LogP contribution in [0.2, 0.25) is 0 Å². The molecule has 0 aromatic carbocycles. The molecule has 0 aromatic heterocycles. The number of rotatable bonds is 10. The monoisotopic (exact) mass is 254 g/mol. The fourth-order valence-electron chi connectivity index (χ4n) is 1.96. The van der Waals surface area contributed by atoms with Gasteiger partial charge in [0.05, 0.1) is 6.26 Å². The summed E-state index contributed by atoms with van der Waals surface area (Å²) in [5.41, 5.74) is 0.478. The van der Waals surface area contributed by atoms with E-state index in [0.29, 0.717) is 11.8 Å². The first-order chi connectivity index (χ1) is 8.45. The predicted octanol–water partition coefficient (Wildman–Crippen LogP) is 5.23. The van der Waals surface area contributed by atoms with Crippen LogP contribution in [0.4, 0.5) is 0 Å². The van der Waals surface area contributed by atoms with Crippen molar-refractivity contribution in [1.82, 2.24) is 0 Å². The van der Waals surface area contributed by atoms with Crippen LogP contribution in [0.1, 0.15) is 78.6 Å². The van der Waals surface area contributed by atoms with Gasteiger partial charge in [0.2, 0.25) is 0 Å². The Labute approximate surface area is 113 Å². The molecule has 0 radical (unpaired) electrons. The number of unbranched alkanes of at least 4 members (excludes halogenated alkanes) is 6. The third-order valence-electron chi connectivity index (χ3n) is 3.02. The van der Waals surface area contributed by atoms with E-state index < -0.39 is 0 Å². The molecular weight excluding hydrogens is 224 g/mol. The van der Waals surface area contributed by atoms with E-state index in [1.807, 2.05) is 0 Å². The Morgan fingerprint density at radius 2 is 1.50 bits per heavy atom. The number of hydrogen-bond acceptors (Lipinski definition) is 2. The molecule has 0 aliphatic heterocycles. The molecule has 0 amide bonds. The third-order valence-corrected chi connectivity index (χ3v) is 3.02. The Bertz CT molecular complexity index is 226. The molecule has 18 heavy (non-hydrogen) atoms. The molecule has 0 aliphatic rings.